The second kappa shape index (κ2) is 9.91. The Morgan fingerprint density at radius 1 is 1.03 bits per heavy atom. The lowest BCUT2D eigenvalue weighted by molar-refractivity contribution is -0.119. The lowest BCUT2D eigenvalue weighted by Crippen LogP contribution is -2.21. The molecular weight excluding hydrogens is 527 g/mol. The van der Waals surface area contributed by atoms with Gasteiger partial charge in [0.05, 0.1) is 21.8 Å². The molecule has 3 aromatic carbocycles. The van der Waals surface area contributed by atoms with Crippen LogP contribution in [0.5, 0.6) is 0 Å². The van der Waals surface area contributed by atoms with E-state index in [1.165, 1.54) is 0 Å². The number of aromatic nitrogens is 1. The Hall–Kier alpha value is -2.93. The van der Waals surface area contributed by atoms with Gasteiger partial charge in [-0.05, 0) is 64.8 Å². The predicted octanol–water partition coefficient (Wildman–Crippen LogP) is 7.08. The molecule has 8 heteroatoms. The van der Waals surface area contributed by atoms with Crippen molar-refractivity contribution in [3.63, 3.8) is 0 Å². The van der Waals surface area contributed by atoms with Gasteiger partial charge in [0.15, 0.2) is 6.61 Å². The van der Waals surface area contributed by atoms with Crippen molar-refractivity contribution in [3.8, 4) is 11.3 Å². The molecule has 1 heterocycles. The quantitative estimate of drug-likeness (QED) is 0.273. The molecule has 166 valence electrons. The average molecular weight is 544 g/mol. The Labute approximate surface area is 208 Å². The number of hydrogen-bond acceptors (Lipinski definition) is 4. The molecule has 0 saturated carbocycles. The number of benzene rings is 3. The smallest absolute Gasteiger partial charge is 0.339 e. The molecule has 1 N–H and O–H groups in total. The number of fused-ring (bicyclic) bond motifs is 1. The first-order valence-corrected chi connectivity index (χ1v) is 11.4. The predicted molar refractivity (Wildman–Crippen MR) is 135 cm³/mol. The summed E-state index contributed by atoms with van der Waals surface area (Å²) in [7, 11) is 0. The number of anilines is 1. The Morgan fingerprint density at radius 3 is 2.52 bits per heavy atom. The van der Waals surface area contributed by atoms with Crippen LogP contribution < -0.4 is 5.32 Å². The van der Waals surface area contributed by atoms with Crippen LogP contribution in [-0.2, 0) is 9.53 Å². The first-order valence-electron chi connectivity index (χ1n) is 9.90. The van der Waals surface area contributed by atoms with Crippen molar-refractivity contribution in [2.24, 2.45) is 0 Å². The van der Waals surface area contributed by atoms with E-state index in [0.29, 0.717) is 37.9 Å². The van der Waals surface area contributed by atoms with Crippen LogP contribution in [-0.4, -0.2) is 23.5 Å². The van der Waals surface area contributed by atoms with E-state index in [-0.39, 0.29) is 0 Å². The summed E-state index contributed by atoms with van der Waals surface area (Å²) >= 11 is 15.4. The van der Waals surface area contributed by atoms with E-state index in [1.54, 1.807) is 36.4 Å². The molecule has 1 amide bonds. The first kappa shape index (κ1) is 23.2. The maximum absolute atomic E-state index is 12.9. The second-order valence-electron chi connectivity index (χ2n) is 7.28. The normalized spacial score (nSPS) is 10.8. The second-order valence-corrected chi connectivity index (χ2v) is 8.98. The third kappa shape index (κ3) is 5.36. The topological polar surface area (TPSA) is 68.3 Å². The molecule has 0 spiro atoms. The summed E-state index contributed by atoms with van der Waals surface area (Å²) in [6.45, 7) is 1.39. The van der Waals surface area contributed by atoms with E-state index < -0.39 is 18.5 Å². The molecule has 4 rings (SSSR count). The van der Waals surface area contributed by atoms with E-state index in [4.69, 9.17) is 27.9 Å². The average Bonchev–Trinajstić information content (AvgIpc) is 2.80. The summed E-state index contributed by atoms with van der Waals surface area (Å²) in [4.78, 5) is 30.0. The van der Waals surface area contributed by atoms with Crippen LogP contribution in [0.1, 0.15) is 15.9 Å². The molecule has 0 aliphatic heterocycles. The highest BCUT2D eigenvalue weighted by molar-refractivity contribution is 9.10. The fourth-order valence-electron chi connectivity index (χ4n) is 3.29. The number of carbonyl (C=O) groups is 2. The van der Waals surface area contributed by atoms with Gasteiger partial charge in [0, 0.05) is 26.1 Å². The molecule has 0 aliphatic carbocycles. The number of nitrogens with one attached hydrogen (secondary N) is 1. The largest absolute Gasteiger partial charge is 0.452 e. The van der Waals surface area contributed by atoms with Crippen molar-refractivity contribution in [2.45, 2.75) is 6.92 Å². The van der Waals surface area contributed by atoms with E-state index >= 15 is 0 Å². The number of pyridine rings is 1. The minimum absolute atomic E-state index is 0.321. The maximum atomic E-state index is 12.9. The molecule has 33 heavy (non-hydrogen) atoms. The van der Waals surface area contributed by atoms with Crippen molar-refractivity contribution in [2.75, 3.05) is 11.9 Å². The molecular formula is C25H17BrCl2N2O3. The highest BCUT2D eigenvalue weighted by Gasteiger charge is 2.17. The molecule has 0 atom stereocenters. The number of hydrogen-bond donors (Lipinski definition) is 1. The number of para-hydroxylation sites is 1. The molecule has 0 unspecified atom stereocenters. The van der Waals surface area contributed by atoms with Gasteiger partial charge in [0.1, 0.15) is 0 Å². The van der Waals surface area contributed by atoms with Crippen LogP contribution in [0.2, 0.25) is 10.0 Å². The van der Waals surface area contributed by atoms with Gasteiger partial charge in [-0.1, -0.05) is 53.5 Å². The highest BCUT2D eigenvalue weighted by atomic mass is 79.9. The van der Waals surface area contributed by atoms with Gasteiger partial charge in [-0.3, -0.25) is 4.79 Å². The lowest BCUT2D eigenvalue weighted by Gasteiger charge is -2.12. The van der Waals surface area contributed by atoms with Gasteiger partial charge in [-0.2, -0.15) is 0 Å². The summed E-state index contributed by atoms with van der Waals surface area (Å²) in [5, 5.41) is 4.42. The van der Waals surface area contributed by atoms with E-state index in [2.05, 4.69) is 26.2 Å². The number of carbonyl (C=O) groups excluding carboxylic acids is 2. The maximum Gasteiger partial charge on any atom is 0.339 e. The number of ether oxygens (including phenoxy) is 1. The minimum atomic E-state index is -0.621. The highest BCUT2D eigenvalue weighted by Crippen LogP contribution is 2.29. The van der Waals surface area contributed by atoms with Gasteiger partial charge in [0.25, 0.3) is 5.91 Å². The van der Waals surface area contributed by atoms with Crippen LogP contribution >= 0.6 is 39.1 Å². The molecule has 0 aliphatic rings. The van der Waals surface area contributed by atoms with Gasteiger partial charge >= 0.3 is 5.97 Å². The molecule has 1 aromatic heterocycles. The van der Waals surface area contributed by atoms with Crippen molar-refractivity contribution in [1.82, 2.24) is 4.98 Å². The zero-order chi connectivity index (χ0) is 23.5. The van der Waals surface area contributed by atoms with Gasteiger partial charge in [-0.25, -0.2) is 9.78 Å². The van der Waals surface area contributed by atoms with Crippen molar-refractivity contribution in [3.05, 3.63) is 92.4 Å². The summed E-state index contributed by atoms with van der Waals surface area (Å²) in [5.41, 5.74) is 3.73. The number of amides is 1. The number of nitrogens with zero attached hydrogens (tertiary/aromatic N) is 1. The Balaban J connectivity index is 1.56. The van der Waals surface area contributed by atoms with Crippen LogP contribution in [0.25, 0.3) is 22.2 Å². The number of halogens is 3. The fourth-order valence-corrected chi connectivity index (χ4v) is 4.04. The Bertz CT molecular complexity index is 1370. The van der Waals surface area contributed by atoms with Crippen molar-refractivity contribution >= 4 is 67.6 Å². The first-order chi connectivity index (χ1) is 15.8. The van der Waals surface area contributed by atoms with Crippen molar-refractivity contribution in [1.29, 1.82) is 0 Å². The summed E-state index contributed by atoms with van der Waals surface area (Å²) in [6, 6.07) is 19.5. The molecule has 0 radical (unpaired) electrons. The molecule has 0 fully saturated rings. The zero-order valence-electron chi connectivity index (χ0n) is 17.4. The summed E-state index contributed by atoms with van der Waals surface area (Å²) < 4.78 is 6.06. The van der Waals surface area contributed by atoms with Gasteiger partial charge < -0.3 is 10.1 Å². The van der Waals surface area contributed by atoms with Crippen molar-refractivity contribution < 1.29 is 14.3 Å². The lowest BCUT2D eigenvalue weighted by atomic mass is 10.0. The fraction of sp³-hybridized carbons (Fsp3) is 0.0800. The molecule has 4 aromatic rings. The molecule has 0 bridgehead atoms. The SMILES string of the molecule is Cc1cc(Br)c(Cl)cc1NC(=O)COC(=O)c1cc(-c2ccc(Cl)cc2)nc2ccccc12. The summed E-state index contributed by atoms with van der Waals surface area (Å²) in [6.07, 6.45) is 0. The molecule has 5 nitrogen and oxygen atoms in total. The van der Waals surface area contributed by atoms with Gasteiger partial charge in [-0.15, -0.1) is 0 Å². The van der Waals surface area contributed by atoms with Crippen LogP contribution in [0.15, 0.2) is 71.2 Å². The van der Waals surface area contributed by atoms with Gasteiger partial charge in [0.2, 0.25) is 0 Å². The zero-order valence-corrected chi connectivity index (χ0v) is 20.5. The van der Waals surface area contributed by atoms with Crippen LogP contribution in [0.3, 0.4) is 0 Å². The van der Waals surface area contributed by atoms with Crippen LogP contribution in [0.4, 0.5) is 5.69 Å². The number of aryl methyl sites for hydroxylation is 1. The van der Waals surface area contributed by atoms with E-state index in [0.717, 1.165) is 15.6 Å². The van der Waals surface area contributed by atoms with E-state index in [9.17, 15) is 9.59 Å². The monoisotopic (exact) mass is 542 g/mol. The number of rotatable bonds is 5. The Morgan fingerprint density at radius 2 is 1.76 bits per heavy atom. The third-order valence-electron chi connectivity index (χ3n) is 4.95. The summed E-state index contributed by atoms with van der Waals surface area (Å²) in [5.74, 6) is -1.09. The number of esters is 1. The Kier molecular flexibility index (Phi) is 6.98. The standard InChI is InChI=1S/C25H17BrCl2N2O3/c1-14-10-19(26)20(28)12-22(14)30-24(31)13-33-25(32)18-11-23(15-6-8-16(27)9-7-15)29-21-5-3-2-4-17(18)21/h2-12H,13H2,1H3,(H,30,31). The van der Waals surface area contributed by atoms with Crippen LogP contribution in [0, 0.1) is 6.92 Å². The molecule has 0 saturated heterocycles. The van der Waals surface area contributed by atoms with E-state index in [1.807, 2.05) is 37.3 Å². The third-order valence-corrected chi connectivity index (χ3v) is 6.40. The minimum Gasteiger partial charge on any atom is -0.452 e.